The highest BCUT2D eigenvalue weighted by Crippen LogP contribution is 2.41. The van der Waals surface area contributed by atoms with Crippen LogP contribution >= 0.6 is 0 Å². The van der Waals surface area contributed by atoms with Crippen LogP contribution in [0.25, 0.3) is 0 Å². The van der Waals surface area contributed by atoms with Gasteiger partial charge in [0.05, 0.1) is 5.92 Å². The van der Waals surface area contributed by atoms with Gasteiger partial charge in [-0.25, -0.2) is 13.6 Å². The van der Waals surface area contributed by atoms with Crippen molar-refractivity contribution in [3.05, 3.63) is 34.9 Å². The molecule has 1 spiro atoms. The summed E-state index contributed by atoms with van der Waals surface area (Å²) in [4.78, 5) is 39.9. The van der Waals surface area contributed by atoms with Crippen molar-refractivity contribution in [3.8, 4) is 0 Å². The topological polar surface area (TPSA) is 79.0 Å². The van der Waals surface area contributed by atoms with E-state index < -0.39 is 35.0 Å². The number of hydrogen-bond donors (Lipinski definition) is 1. The van der Waals surface area contributed by atoms with Crippen molar-refractivity contribution in [1.29, 1.82) is 0 Å². The maximum Gasteiger partial charge on any atom is 0.410 e. The molecule has 1 aromatic rings. The minimum Gasteiger partial charge on any atom is -0.444 e. The maximum absolute atomic E-state index is 14.8. The van der Waals surface area contributed by atoms with E-state index in [1.165, 1.54) is 12.1 Å². The number of rotatable bonds is 4. The fourth-order valence-corrected chi connectivity index (χ4v) is 5.61. The largest absolute Gasteiger partial charge is 0.444 e. The highest BCUT2D eigenvalue weighted by Gasteiger charge is 2.39. The summed E-state index contributed by atoms with van der Waals surface area (Å²) in [5.41, 5.74) is 0.0688. The lowest BCUT2D eigenvalue weighted by Crippen LogP contribution is -2.49. The van der Waals surface area contributed by atoms with Gasteiger partial charge in [0.1, 0.15) is 17.2 Å². The zero-order valence-corrected chi connectivity index (χ0v) is 21.5. The highest BCUT2D eigenvalue weighted by molar-refractivity contribution is 6.01. The number of likely N-dealkylation sites (tertiary alicyclic amines) is 2. The molecule has 3 aliphatic rings. The van der Waals surface area contributed by atoms with Crippen LogP contribution in [0.3, 0.4) is 0 Å². The Balaban J connectivity index is 1.26. The number of amides is 3. The van der Waals surface area contributed by atoms with Crippen LogP contribution in [-0.4, -0.2) is 66.0 Å². The monoisotopic (exact) mass is 505 g/mol. The summed E-state index contributed by atoms with van der Waals surface area (Å²) < 4.78 is 35.1. The molecule has 3 saturated heterocycles. The molecule has 0 aromatic heterocycles. The van der Waals surface area contributed by atoms with Crippen LogP contribution in [0.4, 0.5) is 13.6 Å². The van der Waals surface area contributed by atoms with E-state index in [2.05, 4.69) is 10.2 Å². The van der Waals surface area contributed by atoms with Gasteiger partial charge in [-0.1, -0.05) is 0 Å². The van der Waals surface area contributed by atoms with E-state index in [4.69, 9.17) is 4.74 Å². The molecule has 7 nitrogen and oxygen atoms in total. The van der Waals surface area contributed by atoms with Crippen molar-refractivity contribution in [1.82, 2.24) is 15.1 Å². The molecule has 3 amide bonds. The summed E-state index contributed by atoms with van der Waals surface area (Å²) in [5.74, 6) is -3.49. The Hall–Kier alpha value is -2.55. The summed E-state index contributed by atoms with van der Waals surface area (Å²) in [6.07, 6.45) is 4.51. The Morgan fingerprint density at radius 1 is 1.06 bits per heavy atom. The molecular weight excluding hydrogens is 468 g/mol. The van der Waals surface area contributed by atoms with Crippen LogP contribution in [0.5, 0.6) is 0 Å². The average molecular weight is 506 g/mol. The normalized spacial score (nSPS) is 23.0. The van der Waals surface area contributed by atoms with Crippen molar-refractivity contribution < 1.29 is 27.9 Å². The molecule has 0 saturated carbocycles. The van der Waals surface area contributed by atoms with Crippen molar-refractivity contribution in [2.45, 2.75) is 77.2 Å². The first-order chi connectivity index (χ1) is 16.9. The minimum atomic E-state index is -0.975. The highest BCUT2D eigenvalue weighted by atomic mass is 19.1. The number of carbonyl (C=O) groups is 3. The Labute approximate surface area is 211 Å². The number of halogens is 2. The molecule has 3 heterocycles. The van der Waals surface area contributed by atoms with Gasteiger partial charge in [0.2, 0.25) is 11.8 Å². The molecule has 3 fully saturated rings. The molecular formula is C27H37F2N3O4. The molecule has 9 heteroatoms. The van der Waals surface area contributed by atoms with Crippen LogP contribution in [0.15, 0.2) is 12.1 Å². The number of piperidine rings is 3. The van der Waals surface area contributed by atoms with Crippen molar-refractivity contribution in [3.63, 3.8) is 0 Å². The second-order valence-electron chi connectivity index (χ2n) is 11.5. The lowest BCUT2D eigenvalue weighted by molar-refractivity contribution is -0.134. The number of ether oxygens (including phenoxy) is 1. The summed E-state index contributed by atoms with van der Waals surface area (Å²) in [5, 5.41) is 2.16. The molecule has 1 atom stereocenters. The molecule has 198 valence electrons. The second kappa shape index (κ2) is 10.4. The van der Waals surface area contributed by atoms with E-state index in [0.29, 0.717) is 31.6 Å². The van der Waals surface area contributed by atoms with Gasteiger partial charge in [-0.2, -0.15) is 0 Å². The summed E-state index contributed by atoms with van der Waals surface area (Å²) in [6, 6.07) is 2.64. The Morgan fingerprint density at radius 2 is 1.64 bits per heavy atom. The predicted octanol–water partition coefficient (Wildman–Crippen LogP) is 4.14. The molecule has 1 aromatic carbocycles. The molecule has 1 N–H and O–H groups in total. The molecule has 36 heavy (non-hydrogen) atoms. The molecule has 3 aliphatic heterocycles. The van der Waals surface area contributed by atoms with Crippen LogP contribution in [0.1, 0.15) is 76.3 Å². The van der Waals surface area contributed by atoms with Crippen molar-refractivity contribution in [2.75, 3.05) is 32.7 Å². The third kappa shape index (κ3) is 6.22. The zero-order valence-electron chi connectivity index (χ0n) is 21.5. The van der Waals surface area contributed by atoms with E-state index in [1.807, 2.05) is 25.7 Å². The summed E-state index contributed by atoms with van der Waals surface area (Å²) >= 11 is 0. The Morgan fingerprint density at radius 3 is 2.19 bits per heavy atom. The molecule has 0 bridgehead atoms. The van der Waals surface area contributed by atoms with Gasteiger partial charge in [0.15, 0.2) is 0 Å². The first kappa shape index (κ1) is 26.5. The molecule has 0 radical (unpaired) electrons. The van der Waals surface area contributed by atoms with E-state index in [1.54, 1.807) is 0 Å². The molecule has 1 unspecified atom stereocenters. The van der Waals surface area contributed by atoms with E-state index in [-0.39, 0.29) is 29.9 Å². The smallest absolute Gasteiger partial charge is 0.410 e. The predicted molar refractivity (Wildman–Crippen MR) is 130 cm³/mol. The minimum absolute atomic E-state index is 0.0759. The van der Waals surface area contributed by atoms with Crippen molar-refractivity contribution in [2.24, 2.45) is 5.41 Å². The fourth-order valence-electron chi connectivity index (χ4n) is 5.61. The molecule has 4 rings (SSSR count). The van der Waals surface area contributed by atoms with Gasteiger partial charge < -0.3 is 14.5 Å². The summed E-state index contributed by atoms with van der Waals surface area (Å²) in [7, 11) is 0. The van der Waals surface area contributed by atoms with Gasteiger partial charge in [0.25, 0.3) is 0 Å². The number of nitrogens with zero attached hydrogens (tertiary/aromatic N) is 2. The zero-order chi connectivity index (χ0) is 26.1. The average Bonchev–Trinajstić information content (AvgIpc) is 2.79. The van der Waals surface area contributed by atoms with Gasteiger partial charge in [-0.05, 0) is 95.5 Å². The van der Waals surface area contributed by atoms with Crippen LogP contribution in [0, 0.1) is 17.0 Å². The SMILES string of the molecule is CC(C)(C)OC(=O)N1CCC2(CCN(CCc3cc(F)c(C4CCC(=O)NC4=O)c(F)c3)CC2)CC1. The van der Waals surface area contributed by atoms with Gasteiger partial charge >= 0.3 is 6.09 Å². The lowest BCUT2D eigenvalue weighted by Gasteiger charge is -2.46. The van der Waals surface area contributed by atoms with E-state index in [9.17, 15) is 23.2 Å². The van der Waals surface area contributed by atoms with Crippen LogP contribution in [0.2, 0.25) is 0 Å². The number of benzene rings is 1. The van der Waals surface area contributed by atoms with Gasteiger partial charge in [-0.3, -0.25) is 14.9 Å². The lowest BCUT2D eigenvalue weighted by atomic mass is 9.71. The first-order valence-electron chi connectivity index (χ1n) is 13.0. The van der Waals surface area contributed by atoms with Gasteiger partial charge in [0, 0.05) is 31.6 Å². The van der Waals surface area contributed by atoms with E-state index in [0.717, 1.165) is 38.8 Å². The molecule has 0 aliphatic carbocycles. The van der Waals surface area contributed by atoms with E-state index >= 15 is 0 Å². The first-order valence-corrected chi connectivity index (χ1v) is 13.0. The number of imide groups is 1. The third-order valence-electron chi connectivity index (χ3n) is 7.84. The Kier molecular flexibility index (Phi) is 7.69. The quantitative estimate of drug-likeness (QED) is 0.623. The number of hydrogen-bond acceptors (Lipinski definition) is 5. The number of nitrogens with one attached hydrogen (secondary N) is 1. The van der Waals surface area contributed by atoms with Crippen LogP contribution in [-0.2, 0) is 20.7 Å². The summed E-state index contributed by atoms with van der Waals surface area (Å²) in [6.45, 7) is 9.61. The number of carbonyl (C=O) groups excluding carboxylic acids is 3. The van der Waals surface area contributed by atoms with Crippen molar-refractivity contribution >= 4 is 17.9 Å². The third-order valence-corrected chi connectivity index (χ3v) is 7.84. The van der Waals surface area contributed by atoms with Crippen LogP contribution < -0.4 is 5.32 Å². The van der Waals surface area contributed by atoms with Gasteiger partial charge in [-0.15, -0.1) is 0 Å². The Bertz CT molecular complexity index is 982. The maximum atomic E-state index is 14.8. The fraction of sp³-hybridized carbons (Fsp3) is 0.667. The standard InChI is InChI=1S/C27H37F2N3O4/c1-26(2,3)36-25(35)32-14-9-27(10-15-32)7-12-31(13-8-27)11-6-18-16-20(28)23(21(29)17-18)19-4-5-22(33)30-24(19)34/h16-17,19H,4-15H2,1-3H3,(H,30,33,34). The second-order valence-corrected chi connectivity index (χ2v) is 11.5.